The lowest BCUT2D eigenvalue weighted by Crippen LogP contribution is -2.58. The van der Waals surface area contributed by atoms with Crippen molar-refractivity contribution in [3.05, 3.63) is 35.4 Å². The van der Waals surface area contributed by atoms with Crippen LogP contribution in [0.3, 0.4) is 0 Å². The summed E-state index contributed by atoms with van der Waals surface area (Å²) in [5.41, 5.74) is 2.59. The van der Waals surface area contributed by atoms with E-state index >= 15 is 0 Å². The molecule has 4 heteroatoms. The summed E-state index contributed by atoms with van der Waals surface area (Å²) >= 11 is 0. The molecule has 0 aromatic heterocycles. The first kappa shape index (κ1) is 21.9. The van der Waals surface area contributed by atoms with Gasteiger partial charge < -0.3 is 10.2 Å². The van der Waals surface area contributed by atoms with Crippen molar-refractivity contribution in [2.24, 2.45) is 0 Å². The fourth-order valence-electron chi connectivity index (χ4n) is 3.76. The van der Waals surface area contributed by atoms with Gasteiger partial charge >= 0.3 is 0 Å². The average molecular weight is 374 g/mol. The van der Waals surface area contributed by atoms with Gasteiger partial charge in [-0.3, -0.25) is 9.69 Å². The van der Waals surface area contributed by atoms with Crippen LogP contribution in [0.25, 0.3) is 0 Å². The van der Waals surface area contributed by atoms with Crippen LogP contribution in [-0.2, 0) is 10.2 Å². The average Bonchev–Trinajstić information content (AvgIpc) is 2.65. The van der Waals surface area contributed by atoms with Gasteiger partial charge in [-0.05, 0) is 44.7 Å². The molecule has 0 saturated carbocycles. The van der Waals surface area contributed by atoms with Gasteiger partial charge in [0.1, 0.15) is 0 Å². The van der Waals surface area contributed by atoms with Gasteiger partial charge in [-0.25, -0.2) is 0 Å². The highest BCUT2D eigenvalue weighted by Crippen LogP contribution is 2.28. The number of benzene rings is 1. The molecule has 0 spiro atoms. The molecule has 0 unspecified atom stereocenters. The second kappa shape index (κ2) is 9.20. The molecule has 27 heavy (non-hydrogen) atoms. The summed E-state index contributed by atoms with van der Waals surface area (Å²) in [5, 5.41) is 3.18. The highest BCUT2D eigenvalue weighted by Gasteiger charge is 2.30. The predicted octanol–water partition coefficient (Wildman–Crippen LogP) is 3.59. The molecule has 1 heterocycles. The maximum atomic E-state index is 12.5. The first-order valence-corrected chi connectivity index (χ1v) is 10.5. The van der Waals surface area contributed by atoms with Crippen molar-refractivity contribution < 1.29 is 4.79 Å². The Morgan fingerprint density at radius 2 is 1.63 bits per heavy atom. The SMILES string of the molecule is CCN1CCN(C(C)(C)CNC(=O)CCC(C)(C)c2ccc(C)cc2)CC1. The molecule has 152 valence electrons. The quantitative estimate of drug-likeness (QED) is 0.756. The fraction of sp³-hybridized carbons (Fsp3) is 0.696. The van der Waals surface area contributed by atoms with Crippen LogP contribution in [0.2, 0.25) is 0 Å². The van der Waals surface area contributed by atoms with Crippen molar-refractivity contribution in [3.8, 4) is 0 Å². The summed E-state index contributed by atoms with van der Waals surface area (Å²) in [6, 6.07) is 8.68. The summed E-state index contributed by atoms with van der Waals surface area (Å²) in [4.78, 5) is 17.5. The molecule has 0 aliphatic carbocycles. The smallest absolute Gasteiger partial charge is 0.220 e. The van der Waals surface area contributed by atoms with Crippen molar-refractivity contribution in [3.63, 3.8) is 0 Å². The second-order valence-corrected chi connectivity index (χ2v) is 9.26. The fourth-order valence-corrected chi connectivity index (χ4v) is 3.76. The van der Waals surface area contributed by atoms with Crippen molar-refractivity contribution >= 4 is 5.91 Å². The van der Waals surface area contributed by atoms with Gasteiger partial charge in [-0.15, -0.1) is 0 Å². The number of hydrogen-bond donors (Lipinski definition) is 1. The van der Waals surface area contributed by atoms with E-state index in [-0.39, 0.29) is 16.9 Å². The number of nitrogens with one attached hydrogen (secondary N) is 1. The Morgan fingerprint density at radius 1 is 1.04 bits per heavy atom. The third-order valence-electron chi connectivity index (χ3n) is 6.20. The van der Waals surface area contributed by atoms with E-state index in [1.807, 2.05) is 0 Å². The molecule has 1 aliphatic rings. The van der Waals surface area contributed by atoms with Gasteiger partial charge in [0.2, 0.25) is 5.91 Å². The summed E-state index contributed by atoms with van der Waals surface area (Å²) in [7, 11) is 0. The highest BCUT2D eigenvalue weighted by atomic mass is 16.1. The third kappa shape index (κ3) is 6.32. The number of rotatable bonds is 8. The lowest BCUT2D eigenvalue weighted by Gasteiger charge is -2.44. The molecular weight excluding hydrogens is 334 g/mol. The molecule has 0 radical (unpaired) electrons. The van der Waals surface area contributed by atoms with Crippen LogP contribution < -0.4 is 5.32 Å². The number of aryl methyl sites for hydroxylation is 1. The van der Waals surface area contributed by atoms with Crippen LogP contribution in [0.15, 0.2) is 24.3 Å². The van der Waals surface area contributed by atoms with Gasteiger partial charge in [0.25, 0.3) is 0 Å². The number of carbonyl (C=O) groups is 1. The van der Waals surface area contributed by atoms with E-state index < -0.39 is 0 Å². The van der Waals surface area contributed by atoms with Gasteiger partial charge in [0.15, 0.2) is 0 Å². The van der Waals surface area contributed by atoms with Crippen LogP contribution in [0.1, 0.15) is 58.6 Å². The van der Waals surface area contributed by atoms with Gasteiger partial charge in [-0.2, -0.15) is 0 Å². The lowest BCUT2D eigenvalue weighted by atomic mass is 9.80. The molecule has 1 N–H and O–H groups in total. The predicted molar refractivity (Wildman–Crippen MR) is 114 cm³/mol. The largest absolute Gasteiger partial charge is 0.354 e. The van der Waals surface area contributed by atoms with Crippen LogP contribution in [-0.4, -0.2) is 60.5 Å². The molecule has 0 atom stereocenters. The zero-order chi connectivity index (χ0) is 20.1. The Labute approximate surface area is 166 Å². The zero-order valence-electron chi connectivity index (χ0n) is 18.3. The summed E-state index contributed by atoms with van der Waals surface area (Å²) in [6.45, 7) is 19.5. The number of carbonyl (C=O) groups excluding carboxylic acids is 1. The van der Waals surface area contributed by atoms with Crippen molar-refractivity contribution in [2.75, 3.05) is 39.3 Å². The molecule has 0 bridgehead atoms. The molecular formula is C23H39N3O. The first-order chi connectivity index (χ1) is 12.6. The van der Waals surface area contributed by atoms with Gasteiger partial charge in [0, 0.05) is 44.7 Å². The van der Waals surface area contributed by atoms with Crippen LogP contribution in [0, 0.1) is 6.92 Å². The Kier molecular flexibility index (Phi) is 7.47. The van der Waals surface area contributed by atoms with Crippen molar-refractivity contribution in [1.82, 2.24) is 15.1 Å². The summed E-state index contributed by atoms with van der Waals surface area (Å²) < 4.78 is 0. The van der Waals surface area contributed by atoms with Gasteiger partial charge in [0.05, 0.1) is 0 Å². The van der Waals surface area contributed by atoms with Gasteiger partial charge in [-0.1, -0.05) is 50.6 Å². The number of nitrogens with zero attached hydrogens (tertiary/aromatic N) is 2. The van der Waals surface area contributed by atoms with E-state index in [2.05, 4.69) is 80.9 Å². The second-order valence-electron chi connectivity index (χ2n) is 9.26. The Balaban J connectivity index is 1.79. The number of hydrogen-bond acceptors (Lipinski definition) is 3. The Morgan fingerprint density at radius 3 is 2.19 bits per heavy atom. The lowest BCUT2D eigenvalue weighted by molar-refractivity contribution is -0.122. The van der Waals surface area contributed by atoms with E-state index in [4.69, 9.17) is 0 Å². The maximum Gasteiger partial charge on any atom is 0.220 e. The number of likely N-dealkylation sites (N-methyl/N-ethyl adjacent to an activating group) is 1. The molecule has 1 saturated heterocycles. The molecule has 4 nitrogen and oxygen atoms in total. The van der Waals surface area contributed by atoms with E-state index in [0.717, 1.165) is 39.1 Å². The van der Waals surface area contributed by atoms with E-state index in [9.17, 15) is 4.79 Å². The summed E-state index contributed by atoms with van der Waals surface area (Å²) in [5.74, 6) is 0.162. The maximum absolute atomic E-state index is 12.5. The minimum atomic E-state index is 0.00195. The highest BCUT2D eigenvalue weighted by molar-refractivity contribution is 5.76. The zero-order valence-corrected chi connectivity index (χ0v) is 18.3. The van der Waals surface area contributed by atoms with Crippen LogP contribution in [0.5, 0.6) is 0 Å². The normalized spacial score (nSPS) is 17.1. The van der Waals surface area contributed by atoms with Crippen molar-refractivity contribution in [1.29, 1.82) is 0 Å². The molecule has 2 rings (SSSR count). The molecule has 1 amide bonds. The topological polar surface area (TPSA) is 35.6 Å². The third-order valence-corrected chi connectivity index (χ3v) is 6.20. The molecule has 1 fully saturated rings. The minimum absolute atomic E-state index is 0.00195. The number of piperazine rings is 1. The Hall–Kier alpha value is -1.39. The minimum Gasteiger partial charge on any atom is -0.354 e. The van der Waals surface area contributed by atoms with Crippen molar-refractivity contribution in [2.45, 2.75) is 65.3 Å². The van der Waals surface area contributed by atoms with Crippen LogP contribution in [0.4, 0.5) is 0 Å². The monoisotopic (exact) mass is 373 g/mol. The number of amides is 1. The standard InChI is InChI=1S/C23H39N3O/c1-7-25-14-16-26(17-15-25)23(5,6)18-24-21(27)12-13-22(3,4)20-10-8-19(2)9-11-20/h8-11H,7,12-18H2,1-6H3,(H,24,27). The van der Waals surface area contributed by atoms with E-state index in [1.165, 1.54) is 11.1 Å². The van der Waals surface area contributed by atoms with Crippen LogP contribution >= 0.6 is 0 Å². The molecule has 1 aliphatic heterocycles. The molecule has 1 aromatic carbocycles. The Bertz CT molecular complexity index is 599. The van der Waals surface area contributed by atoms with E-state index in [1.54, 1.807) is 0 Å². The summed E-state index contributed by atoms with van der Waals surface area (Å²) in [6.07, 6.45) is 1.43. The molecule has 1 aromatic rings. The van der Waals surface area contributed by atoms with E-state index in [0.29, 0.717) is 13.0 Å². The first-order valence-electron chi connectivity index (χ1n) is 10.5.